The van der Waals surface area contributed by atoms with Crippen molar-refractivity contribution in [3.05, 3.63) is 72.8 Å². The minimum Gasteiger partial charge on any atom is -0.333 e. The molecule has 1 atom stereocenters. The maximum atomic E-state index is 2.49. The zero-order valence-corrected chi connectivity index (χ0v) is 12.5. The van der Waals surface area contributed by atoms with Gasteiger partial charge in [0.05, 0.1) is 6.04 Å². The summed E-state index contributed by atoms with van der Waals surface area (Å²) in [6.45, 7) is 4.61. The lowest BCUT2D eigenvalue weighted by atomic mass is 9.81. The normalized spacial score (nSPS) is 20.4. The minimum atomic E-state index is 0.110. The molecule has 2 aromatic carbocycles. The van der Waals surface area contributed by atoms with Gasteiger partial charge in [-0.2, -0.15) is 0 Å². The maximum Gasteiger partial charge on any atom is 0.0611 e. The van der Waals surface area contributed by atoms with Gasteiger partial charge in [-0.15, -0.1) is 0 Å². The van der Waals surface area contributed by atoms with Crippen molar-refractivity contribution in [2.45, 2.75) is 19.9 Å². The molecule has 1 nitrogen and oxygen atoms in total. The summed E-state index contributed by atoms with van der Waals surface area (Å²) in [7, 11) is 0. The van der Waals surface area contributed by atoms with E-state index in [1.165, 1.54) is 21.8 Å². The van der Waals surface area contributed by atoms with Gasteiger partial charge in [0.1, 0.15) is 0 Å². The van der Waals surface area contributed by atoms with Gasteiger partial charge in [-0.3, -0.25) is 0 Å². The predicted octanol–water partition coefficient (Wildman–Crippen LogP) is 5.49. The van der Waals surface area contributed by atoms with Gasteiger partial charge in [-0.05, 0) is 12.1 Å². The fourth-order valence-electron chi connectivity index (χ4n) is 3.49. The highest BCUT2D eigenvalue weighted by molar-refractivity contribution is 6.08. The topological polar surface area (TPSA) is 4.93 Å². The van der Waals surface area contributed by atoms with Crippen LogP contribution in [0.1, 0.15) is 19.9 Å². The van der Waals surface area contributed by atoms with Crippen LogP contribution in [0.2, 0.25) is 0 Å². The first kappa shape index (κ1) is 12.5. The fraction of sp³-hybridized carbons (Fsp3) is 0.200. The van der Waals surface area contributed by atoms with E-state index >= 15 is 0 Å². The van der Waals surface area contributed by atoms with Gasteiger partial charge >= 0.3 is 0 Å². The molecule has 21 heavy (non-hydrogen) atoms. The van der Waals surface area contributed by atoms with E-state index in [9.17, 15) is 0 Å². The minimum absolute atomic E-state index is 0.110. The summed E-state index contributed by atoms with van der Waals surface area (Å²) in [5.41, 5.74) is 2.74. The second kappa shape index (κ2) is 4.36. The third kappa shape index (κ3) is 1.77. The Morgan fingerprint density at radius 1 is 0.810 bits per heavy atom. The third-order valence-corrected chi connectivity index (χ3v) is 4.59. The Hall–Kier alpha value is -2.28. The molecule has 1 heterocycles. The van der Waals surface area contributed by atoms with Gasteiger partial charge in [-0.1, -0.05) is 74.5 Å². The first-order chi connectivity index (χ1) is 10.2. The number of hydrogen-bond acceptors (Lipinski definition) is 0. The molecule has 1 unspecified atom stereocenters. The van der Waals surface area contributed by atoms with E-state index in [0.717, 1.165) is 0 Å². The Morgan fingerprint density at radius 3 is 1.95 bits per heavy atom. The molecule has 0 spiro atoms. The Kier molecular flexibility index (Phi) is 2.58. The highest BCUT2D eigenvalue weighted by Crippen LogP contribution is 2.41. The molecule has 0 aliphatic heterocycles. The molecule has 0 saturated heterocycles. The van der Waals surface area contributed by atoms with E-state index in [1.54, 1.807) is 0 Å². The van der Waals surface area contributed by atoms with Crippen molar-refractivity contribution in [2.75, 3.05) is 0 Å². The van der Waals surface area contributed by atoms with Crippen LogP contribution in [0.5, 0.6) is 0 Å². The Morgan fingerprint density at radius 2 is 1.38 bits per heavy atom. The Bertz CT molecular complexity index is 824. The van der Waals surface area contributed by atoms with Crippen LogP contribution in [0.3, 0.4) is 0 Å². The summed E-state index contributed by atoms with van der Waals surface area (Å²) in [6.07, 6.45) is 8.95. The summed E-state index contributed by atoms with van der Waals surface area (Å²) in [5.74, 6) is 0. The largest absolute Gasteiger partial charge is 0.333 e. The SMILES string of the molecule is CC1(C)C=CC=CC1n1c2ccccc2c2ccccc21. The van der Waals surface area contributed by atoms with E-state index in [4.69, 9.17) is 0 Å². The average molecular weight is 273 g/mol. The van der Waals surface area contributed by atoms with Crippen LogP contribution in [-0.2, 0) is 0 Å². The molecule has 1 aliphatic carbocycles. The fourth-order valence-corrected chi connectivity index (χ4v) is 3.49. The van der Waals surface area contributed by atoms with Gasteiger partial charge in [-0.25, -0.2) is 0 Å². The van der Waals surface area contributed by atoms with E-state index < -0.39 is 0 Å². The number of benzene rings is 2. The zero-order valence-electron chi connectivity index (χ0n) is 12.5. The molecule has 1 aromatic heterocycles. The van der Waals surface area contributed by atoms with Crippen LogP contribution in [-0.4, -0.2) is 4.57 Å². The van der Waals surface area contributed by atoms with Crippen molar-refractivity contribution in [3.8, 4) is 0 Å². The molecule has 1 aliphatic rings. The van der Waals surface area contributed by atoms with Crippen LogP contribution in [0.4, 0.5) is 0 Å². The highest BCUT2D eigenvalue weighted by Gasteiger charge is 2.30. The molecule has 3 aromatic rings. The standard InChI is InChI=1S/C20H19N/c1-20(2)14-8-7-13-19(20)21-17-11-5-3-9-15(17)16-10-4-6-12-18(16)21/h3-14,19H,1-2H3. The van der Waals surface area contributed by atoms with Gasteiger partial charge in [0.15, 0.2) is 0 Å². The lowest BCUT2D eigenvalue weighted by Crippen LogP contribution is -2.25. The summed E-state index contributed by atoms with van der Waals surface area (Å²) < 4.78 is 2.49. The molecule has 0 bridgehead atoms. The predicted molar refractivity (Wildman–Crippen MR) is 90.5 cm³/mol. The van der Waals surface area contributed by atoms with Crippen molar-refractivity contribution in [2.24, 2.45) is 5.41 Å². The summed E-state index contributed by atoms with van der Waals surface area (Å²) in [4.78, 5) is 0. The van der Waals surface area contributed by atoms with Crippen LogP contribution in [0.25, 0.3) is 21.8 Å². The molecular weight excluding hydrogens is 254 g/mol. The summed E-state index contributed by atoms with van der Waals surface area (Å²) in [5, 5.41) is 2.68. The quantitative estimate of drug-likeness (QED) is 0.552. The second-order valence-corrected chi connectivity index (χ2v) is 6.41. The Labute approximate surface area is 125 Å². The lowest BCUT2D eigenvalue weighted by molar-refractivity contribution is 0.348. The number of nitrogens with zero attached hydrogens (tertiary/aromatic N) is 1. The molecule has 4 rings (SSSR count). The van der Waals surface area contributed by atoms with Crippen molar-refractivity contribution in [1.29, 1.82) is 0 Å². The van der Waals surface area contributed by atoms with Crippen LogP contribution < -0.4 is 0 Å². The Balaban J connectivity index is 2.11. The van der Waals surface area contributed by atoms with Crippen molar-refractivity contribution in [1.82, 2.24) is 4.57 Å². The number of rotatable bonds is 1. The van der Waals surface area contributed by atoms with Crippen LogP contribution in [0, 0.1) is 5.41 Å². The maximum absolute atomic E-state index is 2.49. The van der Waals surface area contributed by atoms with Crippen molar-refractivity contribution >= 4 is 21.8 Å². The van der Waals surface area contributed by atoms with Gasteiger partial charge in [0.2, 0.25) is 0 Å². The third-order valence-electron chi connectivity index (χ3n) is 4.59. The first-order valence-corrected chi connectivity index (χ1v) is 7.52. The van der Waals surface area contributed by atoms with Crippen LogP contribution >= 0.6 is 0 Å². The molecular formula is C20H19N. The molecule has 0 N–H and O–H groups in total. The van der Waals surface area contributed by atoms with E-state index in [0.29, 0.717) is 6.04 Å². The smallest absolute Gasteiger partial charge is 0.0611 e. The molecule has 0 radical (unpaired) electrons. The molecule has 0 amide bonds. The van der Waals surface area contributed by atoms with E-state index in [-0.39, 0.29) is 5.41 Å². The highest BCUT2D eigenvalue weighted by atomic mass is 15.0. The van der Waals surface area contributed by atoms with E-state index in [1.807, 2.05) is 0 Å². The van der Waals surface area contributed by atoms with Gasteiger partial charge in [0.25, 0.3) is 0 Å². The summed E-state index contributed by atoms with van der Waals surface area (Å²) >= 11 is 0. The second-order valence-electron chi connectivity index (χ2n) is 6.41. The number of fused-ring (bicyclic) bond motifs is 3. The molecule has 1 heteroatoms. The molecule has 0 fully saturated rings. The average Bonchev–Trinajstić information content (AvgIpc) is 2.82. The number of para-hydroxylation sites is 2. The van der Waals surface area contributed by atoms with Crippen molar-refractivity contribution in [3.63, 3.8) is 0 Å². The molecule has 0 saturated carbocycles. The zero-order chi connectivity index (χ0) is 14.4. The molecule has 104 valence electrons. The van der Waals surface area contributed by atoms with Crippen LogP contribution in [0.15, 0.2) is 72.8 Å². The van der Waals surface area contributed by atoms with E-state index in [2.05, 4.69) is 91.2 Å². The van der Waals surface area contributed by atoms with Crippen molar-refractivity contribution < 1.29 is 0 Å². The van der Waals surface area contributed by atoms with Gasteiger partial charge < -0.3 is 4.57 Å². The number of hydrogen-bond donors (Lipinski definition) is 0. The lowest BCUT2D eigenvalue weighted by Gasteiger charge is -2.33. The number of aromatic nitrogens is 1. The number of allylic oxidation sites excluding steroid dienone is 4. The summed E-state index contributed by atoms with van der Waals surface area (Å²) in [6, 6.07) is 17.8. The monoisotopic (exact) mass is 273 g/mol. The first-order valence-electron chi connectivity index (χ1n) is 7.52. The van der Waals surface area contributed by atoms with Gasteiger partial charge in [0, 0.05) is 27.2 Å².